The van der Waals surface area contributed by atoms with Crippen LogP contribution < -0.4 is 5.73 Å². The van der Waals surface area contributed by atoms with E-state index in [4.69, 9.17) is 27.4 Å². The Morgan fingerprint density at radius 2 is 2.39 bits per heavy atom. The van der Waals surface area contributed by atoms with Gasteiger partial charge in [-0.25, -0.2) is 4.79 Å². The Bertz CT molecular complexity index is 743. The van der Waals surface area contributed by atoms with Gasteiger partial charge in [0.05, 0.1) is 31.9 Å². The Labute approximate surface area is 139 Å². The van der Waals surface area contributed by atoms with Crippen LogP contribution in [0.5, 0.6) is 0 Å². The molecule has 1 atom stereocenters. The average molecular weight is 333 g/mol. The molecule has 3 rings (SSSR count). The minimum absolute atomic E-state index is 0.125. The number of morpholine rings is 1. The van der Waals surface area contributed by atoms with Crippen LogP contribution in [0.4, 0.5) is 0 Å². The molecule has 0 saturated carbocycles. The summed E-state index contributed by atoms with van der Waals surface area (Å²) in [5.74, 6) is -0.344. The van der Waals surface area contributed by atoms with E-state index in [1.807, 2.05) is 17.2 Å². The van der Waals surface area contributed by atoms with Crippen molar-refractivity contribution < 1.29 is 14.3 Å². The SMILES string of the molecule is COC(=O)c1ccc2c(C[C@H]3COCCN3C(N)=S)c[nH]c2c1. The number of fused-ring (bicyclic) bond motifs is 1. The van der Waals surface area contributed by atoms with Crippen molar-refractivity contribution in [1.29, 1.82) is 0 Å². The Balaban J connectivity index is 1.85. The number of nitrogens with two attached hydrogens (primary N) is 1. The number of ether oxygens (including phenoxy) is 2. The minimum atomic E-state index is -0.344. The van der Waals surface area contributed by atoms with Gasteiger partial charge in [-0.3, -0.25) is 0 Å². The molecule has 0 aliphatic carbocycles. The number of esters is 1. The molecule has 1 aliphatic heterocycles. The number of thiocarbonyl (C=S) groups is 1. The van der Waals surface area contributed by atoms with Gasteiger partial charge in [-0.1, -0.05) is 6.07 Å². The van der Waals surface area contributed by atoms with Gasteiger partial charge in [0.15, 0.2) is 5.11 Å². The average Bonchev–Trinajstić information content (AvgIpc) is 2.96. The van der Waals surface area contributed by atoms with E-state index in [2.05, 4.69) is 4.98 Å². The molecule has 2 aromatic rings. The van der Waals surface area contributed by atoms with Crippen LogP contribution in [-0.2, 0) is 15.9 Å². The van der Waals surface area contributed by atoms with Crippen LogP contribution in [0.1, 0.15) is 15.9 Å². The number of carbonyl (C=O) groups excluding carboxylic acids is 1. The molecule has 0 amide bonds. The lowest BCUT2D eigenvalue weighted by atomic mass is 10.0. The van der Waals surface area contributed by atoms with E-state index in [1.165, 1.54) is 7.11 Å². The normalized spacial score (nSPS) is 18.1. The van der Waals surface area contributed by atoms with Crippen LogP contribution in [0, 0.1) is 0 Å². The number of hydrogen-bond acceptors (Lipinski definition) is 4. The van der Waals surface area contributed by atoms with Gasteiger partial charge in [0.1, 0.15) is 0 Å². The highest BCUT2D eigenvalue weighted by Gasteiger charge is 2.25. The molecule has 0 bridgehead atoms. The second-order valence-corrected chi connectivity index (χ2v) is 5.95. The van der Waals surface area contributed by atoms with Gasteiger partial charge < -0.3 is 25.1 Å². The van der Waals surface area contributed by atoms with E-state index in [0.29, 0.717) is 23.9 Å². The number of aromatic amines is 1. The first kappa shape index (κ1) is 15.8. The maximum absolute atomic E-state index is 11.6. The summed E-state index contributed by atoms with van der Waals surface area (Å²) in [4.78, 5) is 16.8. The van der Waals surface area contributed by atoms with Gasteiger partial charge in [-0.2, -0.15) is 0 Å². The summed E-state index contributed by atoms with van der Waals surface area (Å²) >= 11 is 5.13. The fourth-order valence-corrected chi connectivity index (χ4v) is 3.21. The van der Waals surface area contributed by atoms with E-state index < -0.39 is 0 Å². The van der Waals surface area contributed by atoms with Crippen LogP contribution in [0.25, 0.3) is 10.9 Å². The molecule has 1 fully saturated rings. The molecule has 1 aromatic heterocycles. The standard InChI is InChI=1S/C16H19N3O3S/c1-21-15(20)10-2-3-13-11(8-18-14(13)7-10)6-12-9-22-5-4-19(12)16(17)23/h2-3,7-8,12,18H,4-6,9H2,1H3,(H2,17,23)/t12-/m0/s1. The van der Waals surface area contributed by atoms with Crippen molar-refractivity contribution in [3.8, 4) is 0 Å². The zero-order valence-corrected chi connectivity index (χ0v) is 13.7. The van der Waals surface area contributed by atoms with Crippen LogP contribution in [0.15, 0.2) is 24.4 Å². The maximum atomic E-state index is 11.6. The van der Waals surface area contributed by atoms with Gasteiger partial charge in [0.2, 0.25) is 0 Å². The summed E-state index contributed by atoms with van der Waals surface area (Å²) < 4.78 is 10.3. The van der Waals surface area contributed by atoms with E-state index >= 15 is 0 Å². The van der Waals surface area contributed by atoms with Gasteiger partial charge in [-0.05, 0) is 36.3 Å². The van der Waals surface area contributed by atoms with Crippen molar-refractivity contribution in [1.82, 2.24) is 9.88 Å². The number of aromatic nitrogens is 1. The fraction of sp³-hybridized carbons (Fsp3) is 0.375. The van der Waals surface area contributed by atoms with Crippen LogP contribution in [0.2, 0.25) is 0 Å². The highest BCUT2D eigenvalue weighted by atomic mass is 32.1. The number of rotatable bonds is 3. The summed E-state index contributed by atoms with van der Waals surface area (Å²) in [6.45, 7) is 1.96. The number of methoxy groups -OCH3 is 1. The van der Waals surface area contributed by atoms with E-state index in [1.54, 1.807) is 12.1 Å². The molecular formula is C16H19N3O3S. The third-order valence-corrected chi connectivity index (χ3v) is 4.39. The highest BCUT2D eigenvalue weighted by Crippen LogP contribution is 2.23. The number of benzene rings is 1. The number of carbonyl (C=O) groups is 1. The minimum Gasteiger partial charge on any atom is -0.465 e. The third-order valence-electron chi connectivity index (χ3n) is 4.15. The van der Waals surface area contributed by atoms with E-state index in [0.717, 1.165) is 29.4 Å². The Morgan fingerprint density at radius 3 is 3.13 bits per heavy atom. The monoisotopic (exact) mass is 333 g/mol. The van der Waals surface area contributed by atoms with E-state index in [9.17, 15) is 4.79 Å². The van der Waals surface area contributed by atoms with Crippen molar-refractivity contribution >= 4 is 34.2 Å². The van der Waals surface area contributed by atoms with Gasteiger partial charge in [0, 0.05) is 23.6 Å². The molecule has 122 valence electrons. The van der Waals surface area contributed by atoms with Crippen molar-refractivity contribution in [2.45, 2.75) is 12.5 Å². The molecule has 3 N–H and O–H groups in total. The molecule has 1 saturated heterocycles. The lowest BCUT2D eigenvalue weighted by Gasteiger charge is -2.36. The fourth-order valence-electron chi connectivity index (χ4n) is 2.97. The number of hydrogen-bond donors (Lipinski definition) is 2. The van der Waals surface area contributed by atoms with Gasteiger partial charge >= 0.3 is 5.97 Å². The van der Waals surface area contributed by atoms with Crippen molar-refractivity contribution in [2.24, 2.45) is 5.73 Å². The Kier molecular flexibility index (Phi) is 4.49. The largest absolute Gasteiger partial charge is 0.465 e. The van der Waals surface area contributed by atoms with Gasteiger partial charge in [0.25, 0.3) is 0 Å². The molecule has 0 unspecified atom stereocenters. The summed E-state index contributed by atoms with van der Waals surface area (Å²) in [5, 5.41) is 1.48. The zero-order valence-electron chi connectivity index (χ0n) is 12.9. The molecule has 2 heterocycles. The quantitative estimate of drug-likeness (QED) is 0.653. The van der Waals surface area contributed by atoms with Crippen LogP contribution >= 0.6 is 12.2 Å². The third kappa shape index (κ3) is 3.16. The smallest absolute Gasteiger partial charge is 0.337 e. The summed E-state index contributed by atoms with van der Waals surface area (Å²) in [7, 11) is 1.38. The first-order valence-corrected chi connectivity index (χ1v) is 7.83. The van der Waals surface area contributed by atoms with Crippen molar-refractivity contribution in [3.05, 3.63) is 35.5 Å². The maximum Gasteiger partial charge on any atom is 0.337 e. The number of nitrogens with zero attached hydrogens (tertiary/aromatic N) is 1. The van der Waals surface area contributed by atoms with Crippen LogP contribution in [-0.4, -0.2) is 53.9 Å². The molecule has 1 aliphatic rings. The van der Waals surface area contributed by atoms with Crippen molar-refractivity contribution in [3.63, 3.8) is 0 Å². The summed E-state index contributed by atoms with van der Waals surface area (Å²) in [6, 6.07) is 5.63. The summed E-state index contributed by atoms with van der Waals surface area (Å²) in [6.07, 6.45) is 2.73. The number of H-pyrrole nitrogens is 1. The molecule has 23 heavy (non-hydrogen) atoms. The topological polar surface area (TPSA) is 80.6 Å². The van der Waals surface area contributed by atoms with Crippen molar-refractivity contribution in [2.75, 3.05) is 26.9 Å². The highest BCUT2D eigenvalue weighted by molar-refractivity contribution is 7.80. The van der Waals surface area contributed by atoms with Crippen LogP contribution in [0.3, 0.4) is 0 Å². The van der Waals surface area contributed by atoms with E-state index in [-0.39, 0.29) is 12.0 Å². The first-order valence-electron chi connectivity index (χ1n) is 7.42. The molecular weight excluding hydrogens is 314 g/mol. The Morgan fingerprint density at radius 1 is 1.57 bits per heavy atom. The predicted molar refractivity (Wildman–Crippen MR) is 91.4 cm³/mol. The second kappa shape index (κ2) is 6.55. The zero-order chi connectivity index (χ0) is 16.4. The summed E-state index contributed by atoms with van der Waals surface area (Å²) in [5.41, 5.74) is 8.39. The lowest BCUT2D eigenvalue weighted by Crippen LogP contribution is -2.51. The van der Waals surface area contributed by atoms with Gasteiger partial charge in [-0.15, -0.1) is 0 Å². The Hall–Kier alpha value is -2.12. The predicted octanol–water partition coefficient (Wildman–Crippen LogP) is 1.44. The molecule has 0 radical (unpaired) electrons. The first-order chi connectivity index (χ1) is 11.1. The molecule has 6 nitrogen and oxygen atoms in total. The molecule has 1 aromatic carbocycles. The molecule has 0 spiro atoms. The lowest BCUT2D eigenvalue weighted by molar-refractivity contribution is 0.0274. The molecule has 7 heteroatoms. The second-order valence-electron chi connectivity index (χ2n) is 5.53. The number of nitrogens with one attached hydrogen (secondary N) is 1.